The molecule has 0 radical (unpaired) electrons. The SMILES string of the molecule is CCOc1ncccc1NC(=O)c1ccccc1C(F)(F)F. The van der Waals surface area contributed by atoms with Crippen LogP contribution in [0.1, 0.15) is 22.8 Å². The number of hydrogen-bond donors (Lipinski definition) is 1. The van der Waals surface area contributed by atoms with Gasteiger partial charge in [-0.1, -0.05) is 12.1 Å². The molecule has 0 aliphatic carbocycles. The molecule has 0 aliphatic rings. The summed E-state index contributed by atoms with van der Waals surface area (Å²) in [5.74, 6) is -0.718. The molecule has 1 aromatic heterocycles. The van der Waals surface area contributed by atoms with E-state index in [9.17, 15) is 18.0 Å². The first-order valence-electron chi connectivity index (χ1n) is 6.49. The molecule has 0 bridgehead atoms. The molecule has 4 nitrogen and oxygen atoms in total. The van der Waals surface area contributed by atoms with E-state index in [0.717, 1.165) is 12.1 Å². The van der Waals surface area contributed by atoms with Crippen molar-refractivity contribution in [2.24, 2.45) is 0 Å². The number of hydrogen-bond acceptors (Lipinski definition) is 3. The summed E-state index contributed by atoms with van der Waals surface area (Å²) in [6.45, 7) is 2.05. The van der Waals surface area contributed by atoms with Gasteiger partial charge in [-0.3, -0.25) is 4.79 Å². The number of aromatic nitrogens is 1. The van der Waals surface area contributed by atoms with Crippen LogP contribution in [-0.2, 0) is 6.18 Å². The first-order valence-corrected chi connectivity index (χ1v) is 6.49. The van der Waals surface area contributed by atoms with E-state index in [1.165, 1.54) is 24.4 Å². The predicted octanol–water partition coefficient (Wildman–Crippen LogP) is 3.75. The fourth-order valence-corrected chi connectivity index (χ4v) is 1.86. The minimum atomic E-state index is -4.61. The summed E-state index contributed by atoms with van der Waals surface area (Å²) in [7, 11) is 0. The Kier molecular flexibility index (Phi) is 4.65. The van der Waals surface area contributed by atoms with Crippen LogP contribution in [-0.4, -0.2) is 17.5 Å². The molecule has 0 spiro atoms. The van der Waals surface area contributed by atoms with E-state index in [1.807, 2.05) is 0 Å². The van der Waals surface area contributed by atoms with Crippen molar-refractivity contribution in [3.8, 4) is 5.88 Å². The van der Waals surface area contributed by atoms with Gasteiger partial charge in [-0.15, -0.1) is 0 Å². The fourth-order valence-electron chi connectivity index (χ4n) is 1.86. The monoisotopic (exact) mass is 310 g/mol. The Morgan fingerprint density at radius 1 is 1.23 bits per heavy atom. The summed E-state index contributed by atoms with van der Waals surface area (Å²) in [5, 5.41) is 2.40. The molecule has 7 heteroatoms. The fraction of sp³-hybridized carbons (Fsp3) is 0.200. The van der Waals surface area contributed by atoms with Crippen molar-refractivity contribution in [1.29, 1.82) is 0 Å². The number of nitrogens with zero attached hydrogens (tertiary/aromatic N) is 1. The minimum Gasteiger partial charge on any atom is -0.476 e. The van der Waals surface area contributed by atoms with Gasteiger partial charge in [0.05, 0.1) is 17.7 Å². The van der Waals surface area contributed by atoms with Crippen molar-refractivity contribution < 1.29 is 22.7 Å². The van der Waals surface area contributed by atoms with Gasteiger partial charge in [0.25, 0.3) is 5.91 Å². The molecule has 2 aromatic rings. The standard InChI is InChI=1S/C15H13F3N2O2/c1-2-22-14-12(8-5-9-19-14)20-13(21)10-6-3-4-7-11(10)15(16,17)18/h3-9H,2H2,1H3,(H,20,21). The zero-order valence-corrected chi connectivity index (χ0v) is 11.6. The second kappa shape index (κ2) is 6.46. The number of pyridine rings is 1. The summed E-state index contributed by atoms with van der Waals surface area (Å²) in [4.78, 5) is 16.1. The van der Waals surface area contributed by atoms with E-state index in [1.54, 1.807) is 13.0 Å². The van der Waals surface area contributed by atoms with Gasteiger partial charge < -0.3 is 10.1 Å². The largest absolute Gasteiger partial charge is 0.476 e. The smallest absolute Gasteiger partial charge is 0.417 e. The van der Waals surface area contributed by atoms with E-state index in [-0.39, 0.29) is 11.6 Å². The highest BCUT2D eigenvalue weighted by Gasteiger charge is 2.34. The highest BCUT2D eigenvalue weighted by Crippen LogP contribution is 2.32. The molecule has 116 valence electrons. The van der Waals surface area contributed by atoms with E-state index in [0.29, 0.717) is 6.61 Å². The number of benzene rings is 1. The second-order valence-electron chi connectivity index (χ2n) is 4.29. The number of carbonyl (C=O) groups excluding carboxylic acids is 1. The summed E-state index contributed by atoms with van der Waals surface area (Å²) < 4.78 is 44.0. The van der Waals surface area contributed by atoms with Crippen molar-refractivity contribution >= 4 is 11.6 Å². The van der Waals surface area contributed by atoms with Gasteiger partial charge in [-0.05, 0) is 31.2 Å². The molecule has 0 fully saturated rings. The van der Waals surface area contributed by atoms with Crippen LogP contribution in [0.15, 0.2) is 42.6 Å². The number of ether oxygens (including phenoxy) is 1. The topological polar surface area (TPSA) is 51.2 Å². The minimum absolute atomic E-state index is 0.155. The zero-order valence-electron chi connectivity index (χ0n) is 11.6. The molecule has 1 aromatic carbocycles. The van der Waals surface area contributed by atoms with Gasteiger partial charge in [-0.2, -0.15) is 13.2 Å². The Balaban J connectivity index is 2.31. The highest BCUT2D eigenvalue weighted by atomic mass is 19.4. The molecule has 1 amide bonds. The zero-order chi connectivity index (χ0) is 16.2. The predicted molar refractivity (Wildman–Crippen MR) is 74.8 cm³/mol. The van der Waals surface area contributed by atoms with Crippen molar-refractivity contribution in [3.63, 3.8) is 0 Å². The van der Waals surface area contributed by atoms with Gasteiger partial charge >= 0.3 is 6.18 Å². The summed E-state index contributed by atoms with van der Waals surface area (Å²) in [5.41, 5.74) is -1.23. The first kappa shape index (κ1) is 15.8. The Bertz CT molecular complexity index is 672. The van der Waals surface area contributed by atoms with Crippen LogP contribution in [0.25, 0.3) is 0 Å². The molecule has 0 aliphatic heterocycles. The van der Waals surface area contributed by atoms with Gasteiger partial charge in [-0.25, -0.2) is 4.98 Å². The molecular formula is C15H13F3N2O2. The maximum absolute atomic E-state index is 12.9. The van der Waals surface area contributed by atoms with Crippen molar-refractivity contribution in [1.82, 2.24) is 4.98 Å². The Morgan fingerprint density at radius 2 is 1.95 bits per heavy atom. The number of rotatable bonds is 4. The molecule has 1 heterocycles. The maximum atomic E-state index is 12.9. The average molecular weight is 310 g/mol. The van der Waals surface area contributed by atoms with E-state index in [4.69, 9.17) is 4.74 Å². The van der Waals surface area contributed by atoms with Crippen LogP contribution in [0.3, 0.4) is 0 Å². The lowest BCUT2D eigenvalue weighted by atomic mass is 10.1. The molecule has 22 heavy (non-hydrogen) atoms. The third-order valence-corrected chi connectivity index (χ3v) is 2.78. The maximum Gasteiger partial charge on any atom is 0.417 e. The number of alkyl halides is 3. The van der Waals surface area contributed by atoms with Gasteiger partial charge in [0.2, 0.25) is 5.88 Å². The summed E-state index contributed by atoms with van der Waals surface area (Å²) in [6.07, 6.45) is -3.14. The van der Waals surface area contributed by atoms with Crippen molar-refractivity contribution in [2.75, 3.05) is 11.9 Å². The van der Waals surface area contributed by atoms with Crippen molar-refractivity contribution in [2.45, 2.75) is 13.1 Å². The van der Waals surface area contributed by atoms with Crippen LogP contribution in [0.5, 0.6) is 5.88 Å². The van der Waals surface area contributed by atoms with Crippen LogP contribution in [0.2, 0.25) is 0 Å². The van der Waals surface area contributed by atoms with Crippen LogP contribution in [0.4, 0.5) is 18.9 Å². The van der Waals surface area contributed by atoms with Gasteiger partial charge in [0.15, 0.2) is 0 Å². The van der Waals surface area contributed by atoms with E-state index >= 15 is 0 Å². The molecule has 0 unspecified atom stereocenters. The third kappa shape index (κ3) is 3.55. The molecule has 2 rings (SSSR count). The second-order valence-corrected chi connectivity index (χ2v) is 4.29. The van der Waals surface area contributed by atoms with Crippen LogP contribution in [0, 0.1) is 0 Å². The quantitative estimate of drug-likeness (QED) is 0.935. The molecular weight excluding hydrogens is 297 g/mol. The lowest BCUT2D eigenvalue weighted by Crippen LogP contribution is -2.19. The van der Waals surface area contributed by atoms with Crippen molar-refractivity contribution in [3.05, 3.63) is 53.7 Å². The van der Waals surface area contributed by atoms with Crippen LogP contribution < -0.4 is 10.1 Å². The first-order chi connectivity index (χ1) is 10.4. The lowest BCUT2D eigenvalue weighted by Gasteiger charge is -2.14. The lowest BCUT2D eigenvalue weighted by molar-refractivity contribution is -0.137. The highest BCUT2D eigenvalue weighted by molar-refractivity contribution is 6.06. The Hall–Kier alpha value is -2.57. The third-order valence-electron chi connectivity index (χ3n) is 2.78. The van der Waals surface area contributed by atoms with E-state index < -0.39 is 23.2 Å². The number of carbonyl (C=O) groups is 1. The summed E-state index contributed by atoms with van der Waals surface area (Å²) >= 11 is 0. The number of anilines is 1. The van der Waals surface area contributed by atoms with Gasteiger partial charge in [0.1, 0.15) is 5.69 Å². The van der Waals surface area contributed by atoms with E-state index in [2.05, 4.69) is 10.3 Å². The molecule has 0 atom stereocenters. The summed E-state index contributed by atoms with van der Waals surface area (Å²) in [6, 6.07) is 7.64. The van der Waals surface area contributed by atoms with Gasteiger partial charge in [0, 0.05) is 6.20 Å². The molecule has 0 saturated heterocycles. The molecule has 1 N–H and O–H groups in total. The Labute approximate surface area is 124 Å². The molecule has 0 saturated carbocycles. The normalized spacial score (nSPS) is 11.1. The number of amides is 1. The van der Waals surface area contributed by atoms with Crippen LogP contribution >= 0.6 is 0 Å². The average Bonchev–Trinajstić information content (AvgIpc) is 2.48. The number of halogens is 3. The Morgan fingerprint density at radius 3 is 2.64 bits per heavy atom. The number of nitrogens with one attached hydrogen (secondary N) is 1.